The van der Waals surface area contributed by atoms with Crippen molar-refractivity contribution in [2.24, 2.45) is 10.8 Å². The SMILES string of the molecule is C/N=C(/NN)N1CCN(C=O)CC1. The van der Waals surface area contributed by atoms with Crippen molar-refractivity contribution in [1.29, 1.82) is 0 Å². The van der Waals surface area contributed by atoms with Gasteiger partial charge in [-0.2, -0.15) is 0 Å². The highest BCUT2D eigenvalue weighted by Gasteiger charge is 2.17. The van der Waals surface area contributed by atoms with Crippen LogP contribution in [-0.2, 0) is 4.79 Å². The average Bonchev–Trinajstić information content (AvgIpc) is 2.21. The first-order valence-corrected chi connectivity index (χ1v) is 4.19. The van der Waals surface area contributed by atoms with Gasteiger partial charge in [0.2, 0.25) is 12.4 Å². The van der Waals surface area contributed by atoms with Gasteiger partial charge in [0.25, 0.3) is 0 Å². The predicted octanol–water partition coefficient (Wildman–Crippen LogP) is -1.79. The van der Waals surface area contributed by atoms with E-state index in [4.69, 9.17) is 5.84 Å². The van der Waals surface area contributed by atoms with Crippen LogP contribution in [0.3, 0.4) is 0 Å². The molecule has 1 fully saturated rings. The second-order valence-corrected chi connectivity index (χ2v) is 2.82. The summed E-state index contributed by atoms with van der Waals surface area (Å²) in [5.41, 5.74) is 2.52. The van der Waals surface area contributed by atoms with Gasteiger partial charge < -0.3 is 9.80 Å². The third kappa shape index (κ3) is 2.32. The molecule has 1 saturated heterocycles. The van der Waals surface area contributed by atoms with Gasteiger partial charge in [-0.1, -0.05) is 0 Å². The molecular weight excluding hydrogens is 170 g/mol. The zero-order valence-corrected chi connectivity index (χ0v) is 7.73. The first kappa shape index (κ1) is 9.79. The van der Waals surface area contributed by atoms with E-state index in [0.717, 1.165) is 32.6 Å². The lowest BCUT2D eigenvalue weighted by Gasteiger charge is -2.33. The van der Waals surface area contributed by atoms with E-state index in [1.807, 2.05) is 4.90 Å². The maximum absolute atomic E-state index is 10.4. The molecule has 0 bridgehead atoms. The number of piperazine rings is 1. The van der Waals surface area contributed by atoms with Gasteiger partial charge in [0.15, 0.2) is 0 Å². The van der Waals surface area contributed by atoms with Crippen LogP contribution in [-0.4, -0.2) is 55.4 Å². The number of hydrogen-bond donors (Lipinski definition) is 2. The first-order chi connectivity index (χ1) is 6.31. The molecule has 0 spiro atoms. The monoisotopic (exact) mass is 185 g/mol. The van der Waals surface area contributed by atoms with Crippen LogP contribution in [0.5, 0.6) is 0 Å². The van der Waals surface area contributed by atoms with E-state index in [1.54, 1.807) is 11.9 Å². The Morgan fingerprint density at radius 2 is 2.08 bits per heavy atom. The minimum Gasteiger partial charge on any atom is -0.342 e. The first-order valence-electron chi connectivity index (χ1n) is 4.19. The molecule has 3 N–H and O–H groups in total. The molecule has 0 radical (unpaired) electrons. The van der Waals surface area contributed by atoms with E-state index in [-0.39, 0.29) is 0 Å². The van der Waals surface area contributed by atoms with E-state index in [1.165, 1.54) is 0 Å². The number of nitrogens with two attached hydrogens (primary N) is 1. The predicted molar refractivity (Wildman–Crippen MR) is 49.9 cm³/mol. The summed E-state index contributed by atoms with van der Waals surface area (Å²) in [7, 11) is 1.68. The topological polar surface area (TPSA) is 74.0 Å². The number of hydrogen-bond acceptors (Lipinski definition) is 3. The highest BCUT2D eigenvalue weighted by molar-refractivity contribution is 5.79. The van der Waals surface area contributed by atoms with Gasteiger partial charge in [-0.15, -0.1) is 0 Å². The number of rotatable bonds is 1. The Morgan fingerprint density at radius 3 is 2.46 bits per heavy atom. The zero-order chi connectivity index (χ0) is 9.68. The number of amides is 1. The molecule has 0 unspecified atom stereocenters. The van der Waals surface area contributed by atoms with Crippen molar-refractivity contribution in [3.05, 3.63) is 0 Å². The highest BCUT2D eigenvalue weighted by atomic mass is 16.1. The molecule has 1 aliphatic rings. The Kier molecular flexibility index (Phi) is 3.51. The molecule has 1 aliphatic heterocycles. The van der Waals surface area contributed by atoms with Crippen LogP contribution in [0.1, 0.15) is 0 Å². The maximum atomic E-state index is 10.4. The standard InChI is InChI=1S/C7H15N5O/c1-9-7(10-8)12-4-2-11(6-13)3-5-12/h6H,2-5,8H2,1H3,(H,9,10). The summed E-state index contributed by atoms with van der Waals surface area (Å²) < 4.78 is 0. The van der Waals surface area contributed by atoms with Crippen LogP contribution < -0.4 is 11.3 Å². The van der Waals surface area contributed by atoms with Gasteiger partial charge in [0.1, 0.15) is 0 Å². The molecular formula is C7H15N5O. The maximum Gasteiger partial charge on any atom is 0.209 e. The number of carbonyl (C=O) groups excluding carboxylic acids is 1. The lowest BCUT2D eigenvalue weighted by atomic mass is 10.3. The van der Waals surface area contributed by atoms with E-state index in [9.17, 15) is 4.79 Å². The number of nitrogens with zero attached hydrogens (tertiary/aromatic N) is 3. The van der Waals surface area contributed by atoms with Crippen LogP contribution in [0.4, 0.5) is 0 Å². The number of carbonyl (C=O) groups is 1. The molecule has 1 heterocycles. The lowest BCUT2D eigenvalue weighted by molar-refractivity contribution is -0.119. The summed E-state index contributed by atoms with van der Waals surface area (Å²) >= 11 is 0. The number of guanidine groups is 1. The molecule has 0 aromatic heterocycles. The molecule has 0 aliphatic carbocycles. The Bertz CT molecular complexity index is 197. The third-order valence-electron chi connectivity index (χ3n) is 2.10. The Morgan fingerprint density at radius 1 is 1.46 bits per heavy atom. The number of hydrazine groups is 1. The fraction of sp³-hybridized carbons (Fsp3) is 0.714. The summed E-state index contributed by atoms with van der Waals surface area (Å²) in [6.07, 6.45) is 0.871. The van der Waals surface area contributed by atoms with Crippen molar-refractivity contribution in [3.8, 4) is 0 Å². The normalized spacial score (nSPS) is 18.8. The van der Waals surface area contributed by atoms with E-state index in [0.29, 0.717) is 5.96 Å². The second-order valence-electron chi connectivity index (χ2n) is 2.82. The van der Waals surface area contributed by atoms with Gasteiger partial charge in [-0.3, -0.25) is 15.2 Å². The van der Waals surface area contributed by atoms with Crippen LogP contribution in [0.25, 0.3) is 0 Å². The molecule has 6 nitrogen and oxygen atoms in total. The van der Waals surface area contributed by atoms with Crippen molar-refractivity contribution in [2.45, 2.75) is 0 Å². The molecule has 6 heteroatoms. The Hall–Kier alpha value is -1.30. The quantitative estimate of drug-likeness (QED) is 0.166. The van der Waals surface area contributed by atoms with Gasteiger partial charge >= 0.3 is 0 Å². The molecule has 1 rings (SSSR count). The Labute approximate surface area is 77.4 Å². The van der Waals surface area contributed by atoms with Gasteiger partial charge in [-0.25, -0.2) is 5.84 Å². The number of aliphatic imine (C=N–C) groups is 1. The summed E-state index contributed by atoms with van der Waals surface area (Å²) in [6, 6.07) is 0. The molecule has 0 aromatic rings. The van der Waals surface area contributed by atoms with Crippen LogP contribution in [0, 0.1) is 0 Å². The van der Waals surface area contributed by atoms with Crippen molar-refractivity contribution < 1.29 is 4.79 Å². The highest BCUT2D eigenvalue weighted by Crippen LogP contribution is 1.98. The molecule has 1 amide bonds. The van der Waals surface area contributed by atoms with E-state index < -0.39 is 0 Å². The minimum absolute atomic E-state index is 0.672. The Balaban J connectivity index is 2.44. The molecule has 0 aromatic carbocycles. The lowest BCUT2D eigenvalue weighted by Crippen LogP contribution is -2.53. The summed E-state index contributed by atoms with van der Waals surface area (Å²) in [5, 5.41) is 0. The largest absolute Gasteiger partial charge is 0.342 e. The summed E-state index contributed by atoms with van der Waals surface area (Å²) in [6.45, 7) is 3.00. The van der Waals surface area contributed by atoms with Crippen LogP contribution in [0.2, 0.25) is 0 Å². The van der Waals surface area contributed by atoms with Gasteiger partial charge in [0, 0.05) is 33.2 Å². The van der Waals surface area contributed by atoms with Gasteiger partial charge in [-0.05, 0) is 0 Å². The van der Waals surface area contributed by atoms with E-state index >= 15 is 0 Å². The molecule has 0 atom stereocenters. The minimum atomic E-state index is 0.672. The molecule has 13 heavy (non-hydrogen) atoms. The molecule has 0 saturated carbocycles. The van der Waals surface area contributed by atoms with Crippen molar-refractivity contribution in [3.63, 3.8) is 0 Å². The van der Waals surface area contributed by atoms with Crippen LogP contribution >= 0.6 is 0 Å². The average molecular weight is 185 g/mol. The second kappa shape index (κ2) is 4.66. The fourth-order valence-corrected chi connectivity index (χ4v) is 1.34. The van der Waals surface area contributed by atoms with Crippen LogP contribution in [0.15, 0.2) is 4.99 Å². The fourth-order valence-electron chi connectivity index (χ4n) is 1.34. The van der Waals surface area contributed by atoms with E-state index in [2.05, 4.69) is 10.4 Å². The van der Waals surface area contributed by atoms with Crippen molar-refractivity contribution in [1.82, 2.24) is 15.2 Å². The van der Waals surface area contributed by atoms with Gasteiger partial charge in [0.05, 0.1) is 0 Å². The zero-order valence-electron chi connectivity index (χ0n) is 7.73. The number of nitrogens with one attached hydrogen (secondary N) is 1. The molecule has 74 valence electrons. The third-order valence-corrected chi connectivity index (χ3v) is 2.10. The van der Waals surface area contributed by atoms with Crippen molar-refractivity contribution in [2.75, 3.05) is 33.2 Å². The van der Waals surface area contributed by atoms with Crippen molar-refractivity contribution >= 4 is 12.4 Å². The summed E-state index contributed by atoms with van der Waals surface area (Å²) in [4.78, 5) is 18.1. The smallest absolute Gasteiger partial charge is 0.209 e. The summed E-state index contributed by atoms with van der Waals surface area (Å²) in [5.74, 6) is 5.95.